The Hall–Kier alpha value is -1.54. The van der Waals surface area contributed by atoms with E-state index in [0.717, 1.165) is 17.5 Å². The van der Waals surface area contributed by atoms with E-state index < -0.39 is 0 Å². The van der Waals surface area contributed by atoms with Gasteiger partial charge >= 0.3 is 0 Å². The summed E-state index contributed by atoms with van der Waals surface area (Å²) in [6.07, 6.45) is 4.96. The molecule has 15 heavy (non-hydrogen) atoms. The van der Waals surface area contributed by atoms with Crippen molar-refractivity contribution in [3.05, 3.63) is 54.1 Å². The lowest BCUT2D eigenvalue weighted by atomic mass is 10.00. The van der Waals surface area contributed by atoms with Crippen molar-refractivity contribution in [2.45, 2.75) is 19.4 Å². The molecule has 1 aromatic rings. The van der Waals surface area contributed by atoms with E-state index in [1.807, 2.05) is 18.2 Å². The van der Waals surface area contributed by atoms with Crippen LogP contribution in [-0.4, -0.2) is 5.11 Å². The first kappa shape index (κ1) is 11.5. The molecule has 0 bridgehead atoms. The molecule has 0 spiro atoms. The molecule has 2 nitrogen and oxygen atoms in total. The summed E-state index contributed by atoms with van der Waals surface area (Å²) < 4.78 is 0. The van der Waals surface area contributed by atoms with Crippen LogP contribution in [0, 0.1) is 0 Å². The number of hydrogen-bond donors (Lipinski definition) is 1. The van der Waals surface area contributed by atoms with Gasteiger partial charge in [0.15, 0.2) is 0 Å². The molecule has 1 rings (SSSR count). The number of aromatic hydroxyl groups is 1. The van der Waals surface area contributed by atoms with E-state index in [-0.39, 0.29) is 12.3 Å². The number of hydrogen-bond acceptors (Lipinski definition) is 1. The van der Waals surface area contributed by atoms with Crippen LogP contribution in [0.1, 0.15) is 16.7 Å². The third-order valence-corrected chi connectivity index (χ3v) is 2.26. The first-order valence-corrected chi connectivity index (χ1v) is 4.93. The molecule has 0 heterocycles. The summed E-state index contributed by atoms with van der Waals surface area (Å²) in [6, 6.07) is 3.80. The van der Waals surface area contributed by atoms with E-state index in [4.69, 9.17) is 5.73 Å². The molecule has 2 N–H and O–H groups in total. The maximum absolute atomic E-state index is 9.82. The first-order valence-electron chi connectivity index (χ1n) is 4.93. The van der Waals surface area contributed by atoms with Gasteiger partial charge in [0.05, 0.1) is 0 Å². The number of nitrogens with one attached hydrogen (secondary N) is 1. The summed E-state index contributed by atoms with van der Waals surface area (Å²) >= 11 is 0. The summed E-state index contributed by atoms with van der Waals surface area (Å²) in [4.78, 5) is 0. The standard InChI is InChI=1S/C13H16NO/c1-3-5-10-7-11(6-4-2)13(15)12(8-10)9-14/h3-4,7-8,14-15H,1-2,5-6,9H2. The van der Waals surface area contributed by atoms with Crippen LogP contribution in [0.15, 0.2) is 37.4 Å². The number of phenols is 1. The third kappa shape index (κ3) is 2.70. The minimum absolute atomic E-state index is 0.0982. The second-order valence-electron chi connectivity index (χ2n) is 3.43. The van der Waals surface area contributed by atoms with Crippen LogP contribution in [0.25, 0.3) is 0 Å². The summed E-state index contributed by atoms with van der Waals surface area (Å²) in [7, 11) is 0. The summed E-state index contributed by atoms with van der Waals surface area (Å²) in [5, 5.41) is 9.82. The zero-order chi connectivity index (χ0) is 11.3. The SMILES string of the molecule is C=CCc1cc(C[NH])c(O)c(CC=C)c1. The van der Waals surface area contributed by atoms with Gasteiger partial charge in [0, 0.05) is 12.1 Å². The maximum atomic E-state index is 9.82. The van der Waals surface area contributed by atoms with Crippen molar-refractivity contribution in [1.29, 1.82) is 0 Å². The molecule has 0 saturated carbocycles. The lowest BCUT2D eigenvalue weighted by Gasteiger charge is -2.09. The fourth-order valence-corrected chi connectivity index (χ4v) is 1.56. The number of rotatable bonds is 5. The van der Waals surface area contributed by atoms with Crippen LogP contribution in [0.2, 0.25) is 0 Å². The molecular formula is C13H16NO. The van der Waals surface area contributed by atoms with Crippen LogP contribution < -0.4 is 5.73 Å². The Morgan fingerprint density at radius 1 is 1.13 bits per heavy atom. The molecule has 0 aliphatic carbocycles. The van der Waals surface area contributed by atoms with Gasteiger partial charge in [-0.05, 0) is 24.0 Å². The van der Waals surface area contributed by atoms with Crippen molar-refractivity contribution >= 4 is 0 Å². The fourth-order valence-electron chi connectivity index (χ4n) is 1.56. The molecule has 0 atom stereocenters. The molecule has 0 unspecified atom stereocenters. The molecule has 0 saturated heterocycles. The lowest BCUT2D eigenvalue weighted by Crippen LogP contribution is -1.95. The molecule has 2 heteroatoms. The molecule has 0 fully saturated rings. The van der Waals surface area contributed by atoms with E-state index in [0.29, 0.717) is 12.0 Å². The van der Waals surface area contributed by atoms with Gasteiger partial charge in [-0.15, -0.1) is 13.2 Å². The minimum atomic E-state index is 0.0982. The van der Waals surface area contributed by atoms with E-state index >= 15 is 0 Å². The van der Waals surface area contributed by atoms with Crippen LogP contribution >= 0.6 is 0 Å². The number of phenolic OH excluding ortho intramolecular Hbond substituents is 1. The largest absolute Gasteiger partial charge is 0.507 e. The second kappa shape index (κ2) is 5.37. The summed E-state index contributed by atoms with van der Waals surface area (Å²) in [5.74, 6) is 0.234. The Labute approximate surface area is 90.7 Å². The van der Waals surface area contributed by atoms with Crippen molar-refractivity contribution < 1.29 is 5.11 Å². The second-order valence-corrected chi connectivity index (χ2v) is 3.43. The Morgan fingerprint density at radius 2 is 1.73 bits per heavy atom. The van der Waals surface area contributed by atoms with Crippen molar-refractivity contribution in [2.24, 2.45) is 0 Å². The van der Waals surface area contributed by atoms with Crippen LogP contribution in [0.5, 0.6) is 5.75 Å². The predicted molar refractivity (Wildman–Crippen MR) is 62.7 cm³/mol. The summed E-state index contributed by atoms with van der Waals surface area (Å²) in [6.45, 7) is 7.43. The van der Waals surface area contributed by atoms with Crippen LogP contribution in [0.3, 0.4) is 0 Å². The Bertz CT molecular complexity index is 369. The van der Waals surface area contributed by atoms with Gasteiger partial charge in [0.25, 0.3) is 0 Å². The fraction of sp³-hybridized carbons (Fsp3) is 0.231. The van der Waals surface area contributed by atoms with Gasteiger partial charge in [-0.1, -0.05) is 24.3 Å². The Kier molecular flexibility index (Phi) is 4.13. The minimum Gasteiger partial charge on any atom is -0.507 e. The van der Waals surface area contributed by atoms with Crippen LogP contribution in [-0.2, 0) is 19.4 Å². The van der Waals surface area contributed by atoms with Gasteiger partial charge < -0.3 is 5.11 Å². The monoisotopic (exact) mass is 202 g/mol. The molecular weight excluding hydrogens is 186 g/mol. The smallest absolute Gasteiger partial charge is 0.123 e. The third-order valence-electron chi connectivity index (χ3n) is 2.26. The van der Waals surface area contributed by atoms with E-state index in [9.17, 15) is 5.11 Å². The van der Waals surface area contributed by atoms with Gasteiger partial charge in [-0.25, -0.2) is 0 Å². The average Bonchev–Trinajstić information content (AvgIpc) is 2.23. The Morgan fingerprint density at radius 3 is 2.27 bits per heavy atom. The topological polar surface area (TPSA) is 44.0 Å². The Balaban J connectivity index is 3.17. The van der Waals surface area contributed by atoms with Crippen molar-refractivity contribution in [2.75, 3.05) is 0 Å². The predicted octanol–water partition coefficient (Wildman–Crippen LogP) is 2.63. The highest BCUT2D eigenvalue weighted by Gasteiger charge is 2.07. The molecule has 0 aliphatic rings. The van der Waals surface area contributed by atoms with Crippen molar-refractivity contribution in [3.8, 4) is 5.75 Å². The maximum Gasteiger partial charge on any atom is 0.123 e. The highest BCUT2D eigenvalue weighted by atomic mass is 16.3. The average molecular weight is 202 g/mol. The number of benzene rings is 1. The van der Waals surface area contributed by atoms with Gasteiger partial charge in [0.2, 0.25) is 0 Å². The van der Waals surface area contributed by atoms with Crippen molar-refractivity contribution in [3.63, 3.8) is 0 Å². The van der Waals surface area contributed by atoms with E-state index in [1.54, 1.807) is 6.08 Å². The quantitative estimate of drug-likeness (QED) is 0.733. The van der Waals surface area contributed by atoms with Crippen molar-refractivity contribution in [1.82, 2.24) is 5.73 Å². The van der Waals surface area contributed by atoms with Gasteiger partial charge in [-0.2, -0.15) is 0 Å². The molecule has 1 radical (unpaired) electrons. The normalized spacial score (nSPS) is 9.93. The number of allylic oxidation sites excluding steroid dienone is 2. The van der Waals surface area contributed by atoms with Gasteiger partial charge in [0.1, 0.15) is 5.75 Å². The zero-order valence-electron chi connectivity index (χ0n) is 8.79. The first-order chi connectivity index (χ1) is 7.22. The highest BCUT2D eigenvalue weighted by Crippen LogP contribution is 2.25. The highest BCUT2D eigenvalue weighted by molar-refractivity contribution is 5.45. The molecule has 0 aromatic heterocycles. The molecule has 0 amide bonds. The summed E-state index contributed by atoms with van der Waals surface area (Å²) in [5.41, 5.74) is 9.93. The molecule has 0 aliphatic heterocycles. The zero-order valence-corrected chi connectivity index (χ0v) is 8.79. The molecule has 79 valence electrons. The van der Waals surface area contributed by atoms with Crippen LogP contribution in [0.4, 0.5) is 0 Å². The lowest BCUT2D eigenvalue weighted by molar-refractivity contribution is 0.462. The van der Waals surface area contributed by atoms with E-state index in [2.05, 4.69) is 13.2 Å². The van der Waals surface area contributed by atoms with E-state index in [1.165, 1.54) is 0 Å². The van der Waals surface area contributed by atoms with Gasteiger partial charge in [-0.3, -0.25) is 5.73 Å². The molecule has 1 aromatic carbocycles.